The Morgan fingerprint density at radius 3 is 2.45 bits per heavy atom. The van der Waals surface area contributed by atoms with E-state index in [1.807, 2.05) is 48.5 Å². The summed E-state index contributed by atoms with van der Waals surface area (Å²) in [4.78, 5) is 13.2. The van der Waals surface area contributed by atoms with Gasteiger partial charge in [-0.3, -0.25) is 15.6 Å². The van der Waals surface area contributed by atoms with Gasteiger partial charge in [0.1, 0.15) is 0 Å². The zero-order valence-corrected chi connectivity index (χ0v) is 13.8. The van der Waals surface area contributed by atoms with Crippen molar-refractivity contribution in [3.05, 3.63) is 60.2 Å². The van der Waals surface area contributed by atoms with Crippen LogP contribution in [0.25, 0.3) is 0 Å². The van der Waals surface area contributed by atoms with Gasteiger partial charge in [0.2, 0.25) is 0 Å². The first-order valence-electron chi connectivity index (χ1n) is 6.85. The van der Waals surface area contributed by atoms with E-state index in [0.29, 0.717) is 10.7 Å². The number of thioether (sulfide) groups is 1. The molecule has 0 aliphatic carbocycles. The van der Waals surface area contributed by atoms with Crippen molar-refractivity contribution < 1.29 is 4.79 Å². The van der Waals surface area contributed by atoms with Crippen LogP contribution in [0, 0.1) is 0 Å². The molecule has 3 N–H and O–H groups in total. The van der Waals surface area contributed by atoms with Gasteiger partial charge in [-0.2, -0.15) is 0 Å². The van der Waals surface area contributed by atoms with Gasteiger partial charge in [-0.25, -0.2) is 0 Å². The van der Waals surface area contributed by atoms with Crippen molar-refractivity contribution in [3.63, 3.8) is 0 Å². The summed E-state index contributed by atoms with van der Waals surface area (Å²) in [5.74, 6) is 0.694. The molecular weight excluding hydrogens is 314 g/mol. The number of hydrogen-bond donors (Lipinski definition) is 3. The number of carbonyl (C=O) groups excluding carboxylic acids is 1. The van der Waals surface area contributed by atoms with Gasteiger partial charge in [0.05, 0.1) is 5.56 Å². The zero-order chi connectivity index (χ0) is 15.8. The van der Waals surface area contributed by atoms with Crippen LogP contribution in [-0.4, -0.2) is 16.8 Å². The van der Waals surface area contributed by atoms with Gasteiger partial charge < -0.3 is 5.32 Å². The predicted octanol–water partition coefficient (Wildman–Crippen LogP) is 3.43. The molecule has 0 spiro atoms. The standard InChI is InChI=1S/C16H17N3OS2/c1-2-22-14-11-7-6-10-13(14)15(20)18-19-16(21)17-12-8-4-3-5-9-12/h3-11H,2H2,1H3,(H,18,20)(H2,17,19,21). The summed E-state index contributed by atoms with van der Waals surface area (Å²) in [5.41, 5.74) is 6.81. The fourth-order valence-electron chi connectivity index (χ4n) is 1.80. The van der Waals surface area contributed by atoms with Gasteiger partial charge >= 0.3 is 0 Å². The van der Waals surface area contributed by atoms with Crippen LogP contribution in [0.5, 0.6) is 0 Å². The van der Waals surface area contributed by atoms with Crippen LogP contribution in [0.1, 0.15) is 17.3 Å². The van der Waals surface area contributed by atoms with E-state index in [1.165, 1.54) is 0 Å². The number of amides is 1. The molecule has 0 atom stereocenters. The molecule has 4 nitrogen and oxygen atoms in total. The third-order valence-corrected chi connectivity index (χ3v) is 3.91. The highest BCUT2D eigenvalue weighted by Gasteiger charge is 2.10. The monoisotopic (exact) mass is 331 g/mol. The molecule has 0 saturated carbocycles. The number of anilines is 1. The molecule has 0 aliphatic rings. The predicted molar refractivity (Wildman–Crippen MR) is 96.1 cm³/mol. The molecule has 1 amide bonds. The molecule has 0 bridgehead atoms. The maximum Gasteiger partial charge on any atom is 0.270 e. The molecule has 2 aromatic rings. The van der Waals surface area contributed by atoms with Crippen LogP contribution in [0.4, 0.5) is 5.69 Å². The Morgan fingerprint density at radius 1 is 1.05 bits per heavy atom. The van der Waals surface area contributed by atoms with Crippen LogP contribution in [-0.2, 0) is 0 Å². The highest BCUT2D eigenvalue weighted by atomic mass is 32.2. The molecule has 0 heterocycles. The van der Waals surface area contributed by atoms with Gasteiger partial charge in [-0.15, -0.1) is 11.8 Å². The second-order valence-electron chi connectivity index (χ2n) is 4.33. The molecular formula is C16H17N3OS2. The van der Waals surface area contributed by atoms with E-state index in [1.54, 1.807) is 17.8 Å². The minimum absolute atomic E-state index is 0.214. The Morgan fingerprint density at radius 2 is 1.73 bits per heavy atom. The third kappa shape index (κ3) is 4.75. The topological polar surface area (TPSA) is 53.2 Å². The van der Waals surface area contributed by atoms with Crippen LogP contribution < -0.4 is 16.2 Å². The molecule has 0 aromatic heterocycles. The van der Waals surface area contributed by atoms with Crippen LogP contribution in [0.15, 0.2) is 59.5 Å². The summed E-state index contributed by atoms with van der Waals surface area (Å²) in [6.45, 7) is 2.05. The van der Waals surface area contributed by atoms with E-state index in [-0.39, 0.29) is 5.91 Å². The maximum atomic E-state index is 12.2. The molecule has 114 valence electrons. The Labute approximate surface area is 139 Å². The quantitative estimate of drug-likeness (QED) is 0.455. The first-order valence-corrected chi connectivity index (χ1v) is 8.24. The second-order valence-corrected chi connectivity index (χ2v) is 6.04. The van der Waals surface area contributed by atoms with Crippen LogP contribution in [0.3, 0.4) is 0 Å². The van der Waals surface area contributed by atoms with E-state index >= 15 is 0 Å². The molecule has 2 aromatic carbocycles. The highest BCUT2D eigenvalue weighted by molar-refractivity contribution is 7.99. The highest BCUT2D eigenvalue weighted by Crippen LogP contribution is 2.21. The molecule has 0 fully saturated rings. The average molecular weight is 331 g/mol. The first-order chi connectivity index (χ1) is 10.7. The summed E-state index contributed by atoms with van der Waals surface area (Å²) in [5, 5.41) is 3.32. The van der Waals surface area contributed by atoms with Crippen LogP contribution in [0.2, 0.25) is 0 Å². The van der Waals surface area contributed by atoms with Crippen molar-refractivity contribution in [2.45, 2.75) is 11.8 Å². The number of thiocarbonyl (C=S) groups is 1. The maximum absolute atomic E-state index is 12.2. The van der Waals surface area contributed by atoms with Crippen molar-refractivity contribution in [1.82, 2.24) is 10.9 Å². The molecule has 0 radical (unpaired) electrons. The smallest absolute Gasteiger partial charge is 0.270 e. The lowest BCUT2D eigenvalue weighted by atomic mass is 10.2. The van der Waals surface area contributed by atoms with Gasteiger partial charge in [0.25, 0.3) is 5.91 Å². The van der Waals surface area contributed by atoms with E-state index in [4.69, 9.17) is 12.2 Å². The molecule has 22 heavy (non-hydrogen) atoms. The van der Waals surface area contributed by atoms with Crippen molar-refractivity contribution >= 4 is 40.7 Å². The van der Waals surface area contributed by atoms with E-state index in [2.05, 4.69) is 23.1 Å². The van der Waals surface area contributed by atoms with E-state index < -0.39 is 0 Å². The van der Waals surface area contributed by atoms with Gasteiger partial charge in [-0.05, 0) is 42.2 Å². The fourth-order valence-corrected chi connectivity index (χ4v) is 2.77. The number of hydrogen-bond acceptors (Lipinski definition) is 3. The number of hydrazine groups is 1. The lowest BCUT2D eigenvalue weighted by molar-refractivity contribution is 0.0941. The summed E-state index contributed by atoms with van der Waals surface area (Å²) in [7, 11) is 0. The summed E-state index contributed by atoms with van der Waals surface area (Å²) in [6, 6.07) is 17.0. The second kappa shape index (κ2) is 8.41. The number of rotatable bonds is 4. The van der Waals surface area contributed by atoms with E-state index in [9.17, 15) is 4.79 Å². The fraction of sp³-hybridized carbons (Fsp3) is 0.125. The number of para-hydroxylation sites is 1. The number of carbonyl (C=O) groups is 1. The molecule has 0 aliphatic heterocycles. The molecule has 6 heteroatoms. The summed E-state index contributed by atoms with van der Waals surface area (Å²) in [6.07, 6.45) is 0. The van der Waals surface area contributed by atoms with Crippen molar-refractivity contribution in [3.8, 4) is 0 Å². The van der Waals surface area contributed by atoms with Crippen molar-refractivity contribution in [2.24, 2.45) is 0 Å². The number of benzene rings is 2. The molecule has 2 rings (SSSR count). The van der Waals surface area contributed by atoms with Gasteiger partial charge in [0.15, 0.2) is 5.11 Å². The van der Waals surface area contributed by atoms with Crippen LogP contribution >= 0.6 is 24.0 Å². The molecule has 0 saturated heterocycles. The lowest BCUT2D eigenvalue weighted by Gasteiger charge is -2.13. The Bertz CT molecular complexity index is 647. The summed E-state index contributed by atoms with van der Waals surface area (Å²) < 4.78 is 0. The van der Waals surface area contributed by atoms with Crippen molar-refractivity contribution in [1.29, 1.82) is 0 Å². The van der Waals surface area contributed by atoms with Gasteiger partial charge in [0, 0.05) is 10.6 Å². The average Bonchev–Trinajstić information content (AvgIpc) is 2.54. The van der Waals surface area contributed by atoms with Crippen molar-refractivity contribution in [2.75, 3.05) is 11.1 Å². The largest absolute Gasteiger partial charge is 0.331 e. The number of nitrogens with one attached hydrogen (secondary N) is 3. The SMILES string of the molecule is CCSc1ccccc1C(=O)NNC(=S)Nc1ccccc1. The third-order valence-electron chi connectivity index (χ3n) is 2.75. The normalized spacial score (nSPS) is 9.86. The Kier molecular flexibility index (Phi) is 6.24. The first kappa shape index (κ1) is 16.3. The Balaban J connectivity index is 1.91. The summed E-state index contributed by atoms with van der Waals surface area (Å²) >= 11 is 6.78. The van der Waals surface area contributed by atoms with E-state index in [0.717, 1.165) is 16.3 Å². The van der Waals surface area contributed by atoms with Gasteiger partial charge in [-0.1, -0.05) is 37.3 Å². The minimum atomic E-state index is -0.214. The minimum Gasteiger partial charge on any atom is -0.331 e. The Hall–Kier alpha value is -2.05. The lowest BCUT2D eigenvalue weighted by Crippen LogP contribution is -2.43. The molecule has 0 unspecified atom stereocenters. The zero-order valence-electron chi connectivity index (χ0n) is 12.1.